The van der Waals surface area contributed by atoms with Crippen molar-refractivity contribution in [1.29, 1.82) is 0 Å². The second-order valence-electron chi connectivity index (χ2n) is 8.30. The fourth-order valence-electron chi connectivity index (χ4n) is 4.89. The number of sulfonamides is 1. The summed E-state index contributed by atoms with van der Waals surface area (Å²) in [6.07, 6.45) is 10.3. The van der Waals surface area contributed by atoms with Gasteiger partial charge in [0.15, 0.2) is 11.3 Å². The zero-order valence-electron chi connectivity index (χ0n) is 17.4. The van der Waals surface area contributed by atoms with E-state index in [0.29, 0.717) is 12.3 Å². The van der Waals surface area contributed by atoms with Crippen molar-refractivity contribution in [2.45, 2.75) is 44.6 Å². The number of hydrogen-bond donors (Lipinski definition) is 2. The van der Waals surface area contributed by atoms with E-state index in [1.165, 1.54) is 0 Å². The topological polar surface area (TPSA) is 105 Å². The van der Waals surface area contributed by atoms with Gasteiger partial charge in [0.1, 0.15) is 0 Å². The lowest BCUT2D eigenvalue weighted by molar-refractivity contribution is 0.457. The van der Waals surface area contributed by atoms with Crippen LogP contribution in [0.25, 0.3) is 16.8 Å². The molecular weight excluding hydrogens is 412 g/mol. The van der Waals surface area contributed by atoms with E-state index in [1.807, 2.05) is 36.7 Å². The van der Waals surface area contributed by atoms with Crippen LogP contribution in [-0.4, -0.2) is 44.5 Å². The molecule has 1 aliphatic rings. The molecule has 0 spiro atoms. The van der Waals surface area contributed by atoms with Crippen molar-refractivity contribution in [3.8, 4) is 0 Å². The van der Waals surface area contributed by atoms with Gasteiger partial charge in [0, 0.05) is 48.4 Å². The maximum absolute atomic E-state index is 12.7. The van der Waals surface area contributed by atoms with Crippen molar-refractivity contribution >= 4 is 26.8 Å². The third-order valence-electron chi connectivity index (χ3n) is 6.37. The monoisotopic (exact) mass is 438 g/mol. The summed E-state index contributed by atoms with van der Waals surface area (Å²) in [6, 6.07) is 7.50. The average Bonchev–Trinajstić information content (AvgIpc) is 3.49. The molecule has 1 saturated carbocycles. The van der Waals surface area contributed by atoms with Crippen molar-refractivity contribution < 1.29 is 8.42 Å². The number of pyridine rings is 1. The lowest BCUT2D eigenvalue weighted by Gasteiger charge is -2.17. The standard InChI is InChI=1S/C22H26N6O2S/c1-2-15-11-17(27-31(29,30)10-7-16-5-3-4-8-23-16)12-18(15)20-13-25-21-14-26-22-19(28(20)21)6-9-24-22/h3-6,8-9,13-15,17-18,24,27H,2,7,10-12H2,1H3/t15-,17+,18+/m1/s1. The number of aromatic nitrogens is 5. The number of H-pyrrole nitrogens is 1. The summed E-state index contributed by atoms with van der Waals surface area (Å²) in [5.74, 6) is 0.683. The zero-order valence-corrected chi connectivity index (χ0v) is 18.2. The molecular formula is C22H26N6O2S. The maximum atomic E-state index is 12.7. The third-order valence-corrected chi connectivity index (χ3v) is 7.80. The van der Waals surface area contributed by atoms with Crippen LogP contribution in [0, 0.1) is 5.92 Å². The number of aromatic amines is 1. The summed E-state index contributed by atoms with van der Waals surface area (Å²) >= 11 is 0. The smallest absolute Gasteiger partial charge is 0.212 e. The molecule has 0 bridgehead atoms. The first kappa shape index (κ1) is 20.1. The van der Waals surface area contributed by atoms with Crippen LogP contribution in [0.3, 0.4) is 0 Å². The minimum Gasteiger partial charge on any atom is -0.345 e. The lowest BCUT2D eigenvalue weighted by atomic mass is 9.91. The number of fused-ring (bicyclic) bond motifs is 3. The van der Waals surface area contributed by atoms with Gasteiger partial charge in [0.2, 0.25) is 10.0 Å². The average molecular weight is 439 g/mol. The van der Waals surface area contributed by atoms with Gasteiger partial charge in [-0.15, -0.1) is 0 Å². The summed E-state index contributed by atoms with van der Waals surface area (Å²) in [5.41, 5.74) is 4.56. The Morgan fingerprint density at radius 1 is 1.16 bits per heavy atom. The molecule has 1 fully saturated rings. The molecule has 31 heavy (non-hydrogen) atoms. The summed E-state index contributed by atoms with van der Waals surface area (Å²) in [6.45, 7) is 2.17. The van der Waals surface area contributed by atoms with Crippen molar-refractivity contribution in [3.63, 3.8) is 0 Å². The van der Waals surface area contributed by atoms with E-state index < -0.39 is 10.0 Å². The predicted octanol–water partition coefficient (Wildman–Crippen LogP) is 3.04. The minimum absolute atomic E-state index is 0.0488. The molecule has 0 aliphatic heterocycles. The fourth-order valence-corrected chi connectivity index (χ4v) is 6.18. The lowest BCUT2D eigenvalue weighted by Crippen LogP contribution is -2.35. The van der Waals surface area contributed by atoms with Gasteiger partial charge in [-0.1, -0.05) is 19.4 Å². The van der Waals surface area contributed by atoms with E-state index in [-0.39, 0.29) is 17.7 Å². The van der Waals surface area contributed by atoms with Gasteiger partial charge < -0.3 is 4.98 Å². The van der Waals surface area contributed by atoms with Gasteiger partial charge in [-0.3, -0.25) is 9.38 Å². The normalized spacial score (nSPS) is 21.9. The van der Waals surface area contributed by atoms with Gasteiger partial charge in [-0.2, -0.15) is 0 Å². The molecule has 8 nitrogen and oxygen atoms in total. The Bertz CT molecular complexity index is 1300. The highest BCUT2D eigenvalue weighted by molar-refractivity contribution is 7.89. The van der Waals surface area contributed by atoms with Gasteiger partial charge >= 0.3 is 0 Å². The number of nitrogens with one attached hydrogen (secondary N) is 2. The van der Waals surface area contributed by atoms with Gasteiger partial charge in [-0.25, -0.2) is 23.1 Å². The van der Waals surface area contributed by atoms with Crippen molar-refractivity contribution in [2.75, 3.05) is 5.75 Å². The molecule has 0 unspecified atom stereocenters. The molecule has 5 rings (SSSR count). The van der Waals surface area contributed by atoms with Crippen molar-refractivity contribution in [3.05, 3.63) is 60.4 Å². The van der Waals surface area contributed by atoms with E-state index in [1.54, 1.807) is 12.4 Å². The predicted molar refractivity (Wildman–Crippen MR) is 119 cm³/mol. The van der Waals surface area contributed by atoms with Crippen LogP contribution in [0.1, 0.15) is 43.5 Å². The summed E-state index contributed by atoms with van der Waals surface area (Å²) < 4.78 is 30.6. The number of imidazole rings is 1. The Kier molecular flexibility index (Phi) is 5.23. The molecule has 0 saturated heterocycles. The molecule has 1 aliphatic carbocycles. The second kappa shape index (κ2) is 8.05. The second-order valence-corrected chi connectivity index (χ2v) is 10.2. The largest absolute Gasteiger partial charge is 0.345 e. The summed E-state index contributed by atoms with van der Waals surface area (Å²) in [5, 5.41) is 0. The number of aryl methyl sites for hydroxylation is 1. The Hall–Kier alpha value is -2.78. The van der Waals surface area contributed by atoms with Crippen LogP contribution >= 0.6 is 0 Å². The number of nitrogens with zero attached hydrogens (tertiary/aromatic N) is 4. The quantitative estimate of drug-likeness (QED) is 0.461. The van der Waals surface area contributed by atoms with E-state index in [9.17, 15) is 8.42 Å². The molecule has 0 amide bonds. The van der Waals surface area contributed by atoms with Crippen LogP contribution in [0.4, 0.5) is 0 Å². The Balaban J connectivity index is 1.35. The first-order valence-corrected chi connectivity index (χ1v) is 12.4. The fraction of sp³-hybridized carbons (Fsp3) is 0.409. The molecule has 3 atom stereocenters. The van der Waals surface area contributed by atoms with Crippen molar-refractivity contribution in [2.24, 2.45) is 5.92 Å². The van der Waals surface area contributed by atoms with E-state index in [0.717, 1.165) is 47.5 Å². The van der Waals surface area contributed by atoms with E-state index >= 15 is 0 Å². The van der Waals surface area contributed by atoms with Gasteiger partial charge in [0.05, 0.1) is 17.5 Å². The van der Waals surface area contributed by atoms with Crippen LogP contribution in [-0.2, 0) is 16.4 Å². The molecule has 0 aromatic carbocycles. The molecule has 9 heteroatoms. The highest BCUT2D eigenvalue weighted by atomic mass is 32.2. The molecule has 0 radical (unpaired) electrons. The number of hydrogen-bond acceptors (Lipinski definition) is 5. The highest BCUT2D eigenvalue weighted by Crippen LogP contribution is 2.42. The van der Waals surface area contributed by atoms with Crippen LogP contribution in [0.5, 0.6) is 0 Å². The van der Waals surface area contributed by atoms with Crippen LogP contribution < -0.4 is 4.72 Å². The maximum Gasteiger partial charge on any atom is 0.212 e. The van der Waals surface area contributed by atoms with Crippen molar-refractivity contribution in [1.82, 2.24) is 29.1 Å². The summed E-state index contributed by atoms with van der Waals surface area (Å²) in [7, 11) is -3.38. The molecule has 2 N–H and O–H groups in total. The van der Waals surface area contributed by atoms with E-state index in [2.05, 4.69) is 36.0 Å². The molecule has 4 aromatic heterocycles. The molecule has 162 valence electrons. The van der Waals surface area contributed by atoms with Gasteiger partial charge in [0.25, 0.3) is 0 Å². The van der Waals surface area contributed by atoms with Crippen LogP contribution in [0.2, 0.25) is 0 Å². The third kappa shape index (κ3) is 3.95. The van der Waals surface area contributed by atoms with E-state index in [4.69, 9.17) is 0 Å². The summed E-state index contributed by atoms with van der Waals surface area (Å²) in [4.78, 5) is 16.4. The molecule has 4 heterocycles. The number of rotatable bonds is 7. The Labute approximate surface area is 181 Å². The molecule has 4 aromatic rings. The minimum atomic E-state index is -3.38. The first-order chi connectivity index (χ1) is 15.0. The SMILES string of the molecule is CC[C@@H]1C[C@H](NS(=O)(=O)CCc2ccccn2)C[C@@H]1c1cnc2cnc3[nH]ccc3n12. The highest BCUT2D eigenvalue weighted by Gasteiger charge is 2.37. The Morgan fingerprint density at radius 2 is 2.06 bits per heavy atom. The Morgan fingerprint density at radius 3 is 2.87 bits per heavy atom. The van der Waals surface area contributed by atoms with Crippen LogP contribution in [0.15, 0.2) is 49.1 Å². The van der Waals surface area contributed by atoms with Gasteiger partial charge in [-0.05, 0) is 37.0 Å². The first-order valence-electron chi connectivity index (χ1n) is 10.7. The zero-order chi connectivity index (χ0) is 21.4.